The van der Waals surface area contributed by atoms with Crippen LogP contribution in [0.3, 0.4) is 0 Å². The maximum Gasteiger partial charge on any atom is 0.192 e. The molecule has 0 aromatic carbocycles. The molecular weight excluding hydrogens is 414 g/mol. The summed E-state index contributed by atoms with van der Waals surface area (Å²) in [6, 6.07) is -0.105. The van der Waals surface area contributed by atoms with Gasteiger partial charge in [0.25, 0.3) is 0 Å². The molecule has 0 rings (SSSR count). The summed E-state index contributed by atoms with van der Waals surface area (Å²) in [6.07, 6.45) is 2.39. The van der Waals surface area contributed by atoms with Crippen molar-refractivity contribution >= 4 is 27.6 Å². The second-order valence-corrected chi connectivity index (χ2v) is 23.7. The Labute approximate surface area is 186 Å². The Morgan fingerprint density at radius 1 is 0.931 bits per heavy atom. The van der Waals surface area contributed by atoms with Crippen molar-refractivity contribution in [2.75, 3.05) is 6.61 Å². The molecule has 1 N–H and O–H groups in total. The van der Waals surface area contributed by atoms with Gasteiger partial charge in [0.15, 0.2) is 16.6 Å². The first-order chi connectivity index (χ1) is 12.7. The van der Waals surface area contributed by atoms with Gasteiger partial charge >= 0.3 is 0 Å². The van der Waals surface area contributed by atoms with Gasteiger partial charge < -0.3 is 8.85 Å². The first-order valence-corrected chi connectivity index (χ1v) is 17.7. The van der Waals surface area contributed by atoms with E-state index in [1.807, 2.05) is 26.8 Å². The molecule has 0 aromatic heterocycles. The summed E-state index contributed by atoms with van der Waals surface area (Å²) in [5.74, 6) is 0. The minimum atomic E-state index is -2.04. The van der Waals surface area contributed by atoms with E-state index in [1.54, 1.807) is 0 Å². The summed E-state index contributed by atoms with van der Waals surface area (Å²) in [5, 5.41) is 0.217. The number of nitrogens with one attached hydrogen (secondary N) is 1. The zero-order valence-electron chi connectivity index (χ0n) is 21.5. The van der Waals surface area contributed by atoms with Gasteiger partial charge in [0.05, 0.1) is 34.5 Å². The topological polar surface area (TPSA) is 47.6 Å². The molecule has 0 aliphatic carbocycles. The predicted octanol–water partition coefficient (Wildman–Crippen LogP) is 6.40. The van der Waals surface area contributed by atoms with E-state index >= 15 is 0 Å². The van der Waals surface area contributed by atoms with Gasteiger partial charge in [-0.2, -0.15) is 0 Å². The molecule has 0 heterocycles. The highest BCUT2D eigenvalue weighted by atomic mass is 32.2. The van der Waals surface area contributed by atoms with E-state index in [1.165, 1.54) is 0 Å². The van der Waals surface area contributed by atoms with Crippen LogP contribution in [0.5, 0.6) is 0 Å². The molecule has 174 valence electrons. The third-order valence-corrected chi connectivity index (χ3v) is 17.0. The molecule has 0 fully saturated rings. The Hall–Kier alpha value is 0.204. The quantitative estimate of drug-likeness (QED) is 0.301. The first kappa shape index (κ1) is 29.2. The van der Waals surface area contributed by atoms with Gasteiger partial charge in [0.1, 0.15) is 0 Å². The average Bonchev–Trinajstić information content (AvgIpc) is 2.47. The van der Waals surface area contributed by atoms with Gasteiger partial charge in [-0.1, -0.05) is 47.6 Å². The van der Waals surface area contributed by atoms with E-state index in [-0.39, 0.29) is 27.0 Å². The second kappa shape index (κ2) is 10.2. The zero-order valence-corrected chi connectivity index (χ0v) is 24.3. The fraction of sp³-hybridized carbons (Fsp3) is 0.909. The van der Waals surface area contributed by atoms with Crippen LogP contribution in [0.2, 0.25) is 36.3 Å². The van der Waals surface area contributed by atoms with Crippen LogP contribution in [-0.2, 0) is 19.8 Å². The minimum Gasteiger partial charge on any atom is -0.414 e. The van der Waals surface area contributed by atoms with E-state index < -0.39 is 27.6 Å². The second-order valence-electron chi connectivity index (χ2n) is 12.1. The summed E-state index contributed by atoms with van der Waals surface area (Å²) in [4.78, 5) is 0. The maximum absolute atomic E-state index is 12.9. The standard InChI is InChI=1S/C22H49NO3SSi2/c1-15-16-18(23-27(24)20(2,3)4)19(26-29(13,14)22(8,9)10)17-25-28(11,12)21(5,6)7/h15,18-19,23H,1,16-17H2,2-14H3/t18-,19+,27-/m0/s1. The number of hydrogen-bond donors (Lipinski definition) is 1. The van der Waals surface area contributed by atoms with E-state index in [0.717, 1.165) is 0 Å². The molecule has 0 bridgehead atoms. The fourth-order valence-electron chi connectivity index (χ4n) is 2.06. The molecule has 0 aromatic rings. The summed E-state index contributed by atoms with van der Waals surface area (Å²) in [6.45, 7) is 32.9. The van der Waals surface area contributed by atoms with E-state index in [2.05, 4.69) is 79.0 Å². The van der Waals surface area contributed by atoms with Gasteiger partial charge in [-0.15, -0.1) is 6.58 Å². The van der Waals surface area contributed by atoms with Crippen molar-refractivity contribution in [2.24, 2.45) is 0 Å². The van der Waals surface area contributed by atoms with Crippen LogP contribution in [0.4, 0.5) is 0 Å². The average molecular weight is 464 g/mol. The Morgan fingerprint density at radius 2 is 1.38 bits per heavy atom. The highest BCUT2D eigenvalue weighted by Crippen LogP contribution is 2.39. The normalized spacial score (nSPS) is 17.7. The Kier molecular flexibility index (Phi) is 10.3. The van der Waals surface area contributed by atoms with E-state index in [9.17, 15) is 4.21 Å². The van der Waals surface area contributed by atoms with E-state index in [4.69, 9.17) is 8.85 Å². The van der Waals surface area contributed by atoms with E-state index in [0.29, 0.717) is 13.0 Å². The smallest absolute Gasteiger partial charge is 0.192 e. The van der Waals surface area contributed by atoms with Crippen molar-refractivity contribution in [3.05, 3.63) is 12.7 Å². The van der Waals surface area contributed by atoms with Gasteiger partial charge in [0.2, 0.25) is 0 Å². The van der Waals surface area contributed by atoms with Crippen molar-refractivity contribution < 1.29 is 13.1 Å². The van der Waals surface area contributed by atoms with Crippen LogP contribution in [0, 0.1) is 0 Å². The molecule has 0 amide bonds. The van der Waals surface area contributed by atoms with Gasteiger partial charge in [-0.25, -0.2) is 8.93 Å². The van der Waals surface area contributed by atoms with Crippen molar-refractivity contribution in [3.8, 4) is 0 Å². The third-order valence-electron chi connectivity index (χ3n) is 6.35. The lowest BCUT2D eigenvalue weighted by molar-refractivity contribution is 0.0831. The van der Waals surface area contributed by atoms with Crippen LogP contribution in [0.25, 0.3) is 0 Å². The fourth-order valence-corrected chi connectivity index (χ4v) is 5.30. The summed E-state index contributed by atoms with van der Waals surface area (Å²) in [7, 11) is -5.15. The summed E-state index contributed by atoms with van der Waals surface area (Å²) >= 11 is 0. The summed E-state index contributed by atoms with van der Waals surface area (Å²) in [5.41, 5.74) is 0. The van der Waals surface area contributed by atoms with Gasteiger partial charge in [-0.05, 0) is 63.5 Å². The molecule has 0 spiro atoms. The van der Waals surface area contributed by atoms with Crippen molar-refractivity contribution in [2.45, 2.75) is 122 Å². The molecule has 0 saturated carbocycles. The van der Waals surface area contributed by atoms with Crippen LogP contribution >= 0.6 is 0 Å². The first-order valence-electron chi connectivity index (χ1n) is 10.8. The number of rotatable bonds is 10. The molecule has 0 radical (unpaired) electrons. The van der Waals surface area contributed by atoms with Crippen molar-refractivity contribution in [3.63, 3.8) is 0 Å². The van der Waals surface area contributed by atoms with Crippen molar-refractivity contribution in [1.82, 2.24) is 4.72 Å². The molecule has 29 heavy (non-hydrogen) atoms. The SMILES string of the molecule is C=CC[C@H](N[S@@](=O)C(C)(C)C)[C@@H](CO[Si](C)(C)C(C)(C)C)O[Si](C)(C)C(C)(C)C. The monoisotopic (exact) mass is 463 g/mol. The molecule has 0 saturated heterocycles. The lowest BCUT2D eigenvalue weighted by atomic mass is 10.1. The molecule has 0 aliphatic heterocycles. The molecule has 3 atom stereocenters. The molecule has 0 aliphatic rings. The highest BCUT2D eigenvalue weighted by molar-refractivity contribution is 7.84. The lowest BCUT2D eigenvalue weighted by Gasteiger charge is -2.43. The highest BCUT2D eigenvalue weighted by Gasteiger charge is 2.43. The molecule has 4 nitrogen and oxygen atoms in total. The van der Waals surface area contributed by atoms with Gasteiger partial charge in [0, 0.05) is 0 Å². The third kappa shape index (κ3) is 9.07. The summed E-state index contributed by atoms with van der Waals surface area (Å²) < 4.78 is 29.3. The number of hydrogen-bond acceptors (Lipinski definition) is 3. The Morgan fingerprint density at radius 3 is 1.72 bits per heavy atom. The largest absolute Gasteiger partial charge is 0.414 e. The molecule has 7 heteroatoms. The zero-order chi connectivity index (χ0) is 23.5. The minimum absolute atomic E-state index is 0.0874. The van der Waals surface area contributed by atoms with Crippen LogP contribution in [0.1, 0.15) is 68.7 Å². The maximum atomic E-state index is 12.9. The Balaban J connectivity index is 5.84. The van der Waals surface area contributed by atoms with Crippen LogP contribution in [-0.4, -0.2) is 44.3 Å². The van der Waals surface area contributed by atoms with Crippen molar-refractivity contribution in [1.29, 1.82) is 0 Å². The molecular formula is C22H49NO3SSi2. The van der Waals surface area contributed by atoms with Gasteiger partial charge in [-0.3, -0.25) is 0 Å². The Bertz CT molecular complexity index is 558. The lowest BCUT2D eigenvalue weighted by Crippen LogP contribution is -2.55. The van der Waals surface area contributed by atoms with Crippen LogP contribution < -0.4 is 4.72 Å². The van der Waals surface area contributed by atoms with Crippen LogP contribution in [0.15, 0.2) is 12.7 Å². The molecule has 0 unspecified atom stereocenters. The predicted molar refractivity (Wildman–Crippen MR) is 135 cm³/mol.